The van der Waals surface area contributed by atoms with Crippen LogP contribution in [0.25, 0.3) is 0 Å². The number of phosphoric acid groups is 1. The molecule has 0 bridgehead atoms. The minimum absolute atomic E-state index is 0.208. The second kappa shape index (κ2) is 17.5. The van der Waals surface area contributed by atoms with Crippen LogP contribution in [0.3, 0.4) is 0 Å². The molecule has 6 aromatic carbocycles. The normalized spacial score (nSPS) is 13.8. The Hall–Kier alpha value is -4.60. The van der Waals surface area contributed by atoms with Gasteiger partial charge in [0.2, 0.25) is 0 Å². The molecule has 53 heavy (non-hydrogen) atoms. The molecule has 3 unspecified atom stereocenters. The lowest BCUT2D eigenvalue weighted by Gasteiger charge is -2.21. The lowest BCUT2D eigenvalue weighted by Crippen LogP contribution is -2.08. The molecule has 0 N–H and O–H groups in total. The number of ether oxygens (including phenoxy) is 3. The fraction of sp³-hybridized carbons (Fsp3) is 0.143. The Kier molecular flexibility index (Phi) is 12.6. The summed E-state index contributed by atoms with van der Waals surface area (Å²) in [5, 5.41) is 0. The number of phosphoric ester groups is 1. The predicted octanol–water partition coefficient (Wildman–Crippen LogP) is 12.6. The van der Waals surface area contributed by atoms with E-state index in [9.17, 15) is 4.57 Å². The minimum atomic E-state index is -4.31. The van der Waals surface area contributed by atoms with Crippen molar-refractivity contribution in [2.75, 3.05) is 0 Å². The molecule has 272 valence electrons. The van der Waals surface area contributed by atoms with Crippen molar-refractivity contribution in [2.45, 2.75) is 53.8 Å². The Balaban J connectivity index is 1.16. The van der Waals surface area contributed by atoms with Crippen molar-refractivity contribution in [3.05, 3.63) is 162 Å². The van der Waals surface area contributed by atoms with Crippen molar-refractivity contribution < 1.29 is 32.3 Å². The first-order chi connectivity index (χ1) is 25.5. The van der Waals surface area contributed by atoms with Gasteiger partial charge in [-0.05, 0) is 147 Å². The Bertz CT molecular complexity index is 1870. The van der Waals surface area contributed by atoms with E-state index in [4.69, 9.17) is 27.8 Å². The van der Waals surface area contributed by atoms with Gasteiger partial charge in [0.05, 0.1) is 0 Å². The molecule has 0 aromatic heterocycles. The van der Waals surface area contributed by atoms with Gasteiger partial charge >= 0.3 is 7.82 Å². The predicted molar refractivity (Wildman–Crippen MR) is 217 cm³/mol. The second-order valence-corrected chi connectivity index (χ2v) is 15.2. The molecular weight excluding hydrogens is 744 g/mol. The van der Waals surface area contributed by atoms with E-state index >= 15 is 0 Å². The van der Waals surface area contributed by atoms with Gasteiger partial charge in [-0.1, -0.05) is 36.4 Å². The summed E-state index contributed by atoms with van der Waals surface area (Å²) in [6, 6.07) is 43.6. The average molecular weight is 783 g/mol. The molecule has 0 aliphatic heterocycles. The molecule has 0 aliphatic carbocycles. The summed E-state index contributed by atoms with van der Waals surface area (Å²) >= 11 is 13.1. The van der Waals surface area contributed by atoms with Crippen LogP contribution in [-0.4, -0.2) is 0 Å². The highest BCUT2D eigenvalue weighted by Gasteiger charge is 2.33. The van der Waals surface area contributed by atoms with E-state index in [-0.39, 0.29) is 35.6 Å². The zero-order chi connectivity index (χ0) is 37.4. The Morgan fingerprint density at radius 1 is 0.358 bits per heavy atom. The molecule has 0 saturated heterocycles. The van der Waals surface area contributed by atoms with Crippen LogP contribution in [0.15, 0.2) is 160 Å². The van der Waals surface area contributed by atoms with E-state index in [0.717, 1.165) is 31.4 Å². The largest absolute Gasteiger partial charge is 0.647 e. The van der Waals surface area contributed by atoms with Crippen LogP contribution in [0.4, 0.5) is 0 Å². The number of benzene rings is 6. The maximum absolute atomic E-state index is 14.4. The maximum Gasteiger partial charge on any atom is 0.647 e. The van der Waals surface area contributed by atoms with Crippen molar-refractivity contribution in [1.82, 2.24) is 0 Å². The van der Waals surface area contributed by atoms with Crippen molar-refractivity contribution >= 4 is 45.7 Å². The van der Waals surface area contributed by atoms with Gasteiger partial charge in [0.1, 0.15) is 52.8 Å². The molecular formula is C42H39O7PS3. The van der Waals surface area contributed by atoms with Crippen LogP contribution in [0.2, 0.25) is 0 Å². The maximum atomic E-state index is 14.4. The van der Waals surface area contributed by atoms with E-state index < -0.39 is 7.82 Å². The molecule has 7 nitrogen and oxygen atoms in total. The van der Waals surface area contributed by atoms with Gasteiger partial charge < -0.3 is 27.8 Å². The van der Waals surface area contributed by atoms with Gasteiger partial charge in [-0.3, -0.25) is 0 Å². The summed E-state index contributed by atoms with van der Waals surface area (Å²) < 4.78 is 50.6. The van der Waals surface area contributed by atoms with Crippen LogP contribution in [0.1, 0.15) is 55.8 Å². The van der Waals surface area contributed by atoms with Crippen LogP contribution in [-0.2, 0) is 4.57 Å². The van der Waals surface area contributed by atoms with E-state index in [2.05, 4.69) is 37.9 Å². The van der Waals surface area contributed by atoms with Crippen LogP contribution in [0, 0.1) is 0 Å². The summed E-state index contributed by atoms with van der Waals surface area (Å²) in [6.45, 7) is 5.88. The van der Waals surface area contributed by atoms with Gasteiger partial charge in [-0.2, -0.15) is 4.57 Å². The van der Waals surface area contributed by atoms with Crippen molar-refractivity contribution in [1.29, 1.82) is 0 Å². The molecule has 3 atom stereocenters. The average Bonchev–Trinajstić information content (AvgIpc) is 3.15. The topological polar surface area (TPSA) is 72.5 Å². The zero-order valence-corrected chi connectivity index (χ0v) is 32.8. The number of hydrogen-bond donors (Lipinski definition) is 3. The second-order valence-electron chi connectivity index (χ2n) is 12.2. The summed E-state index contributed by atoms with van der Waals surface area (Å²) in [5.41, 5.74) is 3.02. The minimum Gasteiger partial charge on any atom is -0.486 e. The van der Waals surface area contributed by atoms with E-state index in [0.29, 0.717) is 17.2 Å². The number of hydrogen-bond acceptors (Lipinski definition) is 10. The Morgan fingerprint density at radius 2 is 0.566 bits per heavy atom. The van der Waals surface area contributed by atoms with Gasteiger partial charge in [-0.25, -0.2) is 0 Å². The highest BCUT2D eigenvalue weighted by Crippen LogP contribution is 2.50. The monoisotopic (exact) mass is 782 g/mol. The fourth-order valence-corrected chi connectivity index (χ4v) is 6.93. The quantitative estimate of drug-likeness (QED) is 0.0708. The van der Waals surface area contributed by atoms with E-state index in [1.54, 1.807) is 72.8 Å². The lowest BCUT2D eigenvalue weighted by atomic mass is 10.1. The van der Waals surface area contributed by atoms with E-state index in [1.807, 2.05) is 93.6 Å². The fourth-order valence-electron chi connectivity index (χ4n) is 5.23. The highest BCUT2D eigenvalue weighted by atomic mass is 32.1. The zero-order valence-electron chi connectivity index (χ0n) is 29.2. The molecule has 6 rings (SSSR count). The molecule has 0 fully saturated rings. The first-order valence-corrected chi connectivity index (χ1v) is 19.7. The third-order valence-electron chi connectivity index (χ3n) is 8.15. The highest BCUT2D eigenvalue weighted by molar-refractivity contribution is 7.80. The summed E-state index contributed by atoms with van der Waals surface area (Å²) in [4.78, 5) is 2.63. The van der Waals surface area contributed by atoms with Gasteiger partial charge in [0.15, 0.2) is 0 Å². The molecule has 0 radical (unpaired) electrons. The first kappa shape index (κ1) is 38.1. The number of rotatable bonds is 15. The molecule has 0 aliphatic rings. The standard InChI is InChI=1S/C42H39O7PS3/c1-28(31-4-22-40(51)23-5-31)44-34-10-16-37(17-11-34)47-50(43,48-38-18-12-35(13-19-38)45-29(2)32-6-24-41(52)25-7-32)49-39-20-14-36(15-21-39)46-30(3)33-8-26-42(53)27-9-33/h4-30,51-53H,1-3H3. The molecule has 6 aromatic rings. The van der Waals surface area contributed by atoms with Crippen LogP contribution >= 0.6 is 45.7 Å². The summed E-state index contributed by atoms with van der Waals surface area (Å²) in [6.07, 6.45) is -0.624. The van der Waals surface area contributed by atoms with Crippen LogP contribution < -0.4 is 27.8 Å². The number of thiol groups is 3. The molecule has 0 heterocycles. The first-order valence-electron chi connectivity index (χ1n) is 16.9. The van der Waals surface area contributed by atoms with Gasteiger partial charge in [-0.15, -0.1) is 37.9 Å². The SMILES string of the molecule is CC(Oc1ccc(OP(=O)(Oc2ccc(OC(C)c3ccc(S)cc3)cc2)Oc2ccc(OC(C)c3ccc(S)cc3)cc2)cc1)c1ccc(S)cc1. The van der Waals surface area contributed by atoms with Gasteiger partial charge in [0, 0.05) is 14.7 Å². The summed E-state index contributed by atoms with van der Waals surface area (Å²) in [7, 11) is -4.31. The van der Waals surface area contributed by atoms with E-state index in [1.165, 1.54) is 0 Å². The van der Waals surface area contributed by atoms with Crippen molar-refractivity contribution in [2.24, 2.45) is 0 Å². The van der Waals surface area contributed by atoms with Crippen molar-refractivity contribution in [3.8, 4) is 34.5 Å². The smallest absolute Gasteiger partial charge is 0.486 e. The molecule has 0 saturated carbocycles. The summed E-state index contributed by atoms with van der Waals surface area (Å²) in [5.74, 6) is 2.59. The Labute approximate surface area is 327 Å². The Morgan fingerprint density at radius 3 is 0.792 bits per heavy atom. The third-order valence-corrected chi connectivity index (χ3v) is 10.3. The molecule has 0 spiro atoms. The van der Waals surface area contributed by atoms with Crippen LogP contribution in [0.5, 0.6) is 34.5 Å². The third kappa shape index (κ3) is 11.0. The molecule has 11 heteroatoms. The van der Waals surface area contributed by atoms with Gasteiger partial charge in [0.25, 0.3) is 0 Å². The van der Waals surface area contributed by atoms with Crippen molar-refractivity contribution in [3.63, 3.8) is 0 Å². The molecule has 0 amide bonds. The lowest BCUT2D eigenvalue weighted by molar-refractivity contribution is 0.226.